The van der Waals surface area contributed by atoms with E-state index < -0.39 is 6.04 Å². The average Bonchev–Trinajstić information content (AvgIpc) is 2.24. The van der Waals surface area contributed by atoms with Gasteiger partial charge in [-0.15, -0.1) is 0 Å². The minimum Gasteiger partial charge on any atom is -0.395 e. The zero-order chi connectivity index (χ0) is 11.5. The van der Waals surface area contributed by atoms with E-state index in [4.69, 9.17) is 10.2 Å². The number of hydrogen-bond donors (Lipinski definition) is 3. The molecule has 0 aromatic rings. The molecule has 4 heteroatoms. The number of rotatable bonds is 4. The van der Waals surface area contributed by atoms with Gasteiger partial charge < -0.3 is 15.4 Å². The van der Waals surface area contributed by atoms with Crippen LogP contribution in [0.5, 0.6) is 0 Å². The molecule has 4 nitrogen and oxygen atoms in total. The van der Waals surface area contributed by atoms with Gasteiger partial charge in [0.25, 0.3) is 0 Å². The number of nitrogens with zero attached hydrogens (tertiary/aromatic N) is 1. The molecule has 15 heavy (non-hydrogen) atoms. The fraction of sp³-hybridized carbons (Fsp3) is 1.00. The maximum atomic E-state index is 9.99. The summed E-state index contributed by atoms with van der Waals surface area (Å²) in [5.41, 5.74) is -0.289. The second-order valence-corrected chi connectivity index (χ2v) is 5.04. The van der Waals surface area contributed by atoms with Crippen LogP contribution in [0, 0.1) is 5.92 Å². The summed E-state index contributed by atoms with van der Waals surface area (Å²) in [6.45, 7) is 3.80. The van der Waals surface area contributed by atoms with E-state index in [1.165, 1.54) is 5.06 Å². The van der Waals surface area contributed by atoms with Gasteiger partial charge in [0, 0.05) is 5.54 Å². The summed E-state index contributed by atoms with van der Waals surface area (Å²) in [5, 5.41) is 29.2. The summed E-state index contributed by atoms with van der Waals surface area (Å²) in [5.74, 6) is 0.716. The number of aliphatic hydroxyl groups excluding tert-OH is 2. The van der Waals surface area contributed by atoms with Crippen molar-refractivity contribution >= 4 is 0 Å². The van der Waals surface area contributed by atoms with Crippen LogP contribution in [0.1, 0.15) is 39.5 Å². The fourth-order valence-electron chi connectivity index (χ4n) is 2.27. The molecule has 1 fully saturated rings. The van der Waals surface area contributed by atoms with Crippen molar-refractivity contribution in [2.75, 3.05) is 13.2 Å². The quantitative estimate of drug-likeness (QED) is 0.615. The fourth-order valence-corrected chi connectivity index (χ4v) is 2.27. The topological polar surface area (TPSA) is 63.9 Å². The molecule has 1 aliphatic rings. The second-order valence-electron chi connectivity index (χ2n) is 5.04. The summed E-state index contributed by atoms with van der Waals surface area (Å²) >= 11 is 0. The summed E-state index contributed by atoms with van der Waals surface area (Å²) in [4.78, 5) is 0. The Bertz CT molecular complexity index is 186. The van der Waals surface area contributed by atoms with Gasteiger partial charge in [0.05, 0.1) is 19.3 Å². The zero-order valence-electron chi connectivity index (χ0n) is 9.69. The van der Waals surface area contributed by atoms with Crippen LogP contribution < -0.4 is 0 Å². The molecule has 0 heterocycles. The number of hydrogen-bond acceptors (Lipinski definition) is 4. The van der Waals surface area contributed by atoms with Crippen molar-refractivity contribution < 1.29 is 15.4 Å². The molecule has 1 saturated carbocycles. The first-order valence-electron chi connectivity index (χ1n) is 5.73. The predicted octanol–water partition coefficient (Wildman–Crippen LogP) is 1.000. The maximum absolute atomic E-state index is 9.99. The molecule has 0 amide bonds. The molecule has 0 aromatic heterocycles. The molecule has 0 aliphatic heterocycles. The molecule has 0 atom stereocenters. The average molecular weight is 217 g/mol. The monoisotopic (exact) mass is 217 g/mol. The van der Waals surface area contributed by atoms with Gasteiger partial charge in [0.2, 0.25) is 0 Å². The van der Waals surface area contributed by atoms with Crippen LogP contribution in [0.4, 0.5) is 0 Å². The summed E-state index contributed by atoms with van der Waals surface area (Å²) in [6.07, 6.45) is 4.02. The highest BCUT2D eigenvalue weighted by Crippen LogP contribution is 2.36. The molecule has 0 saturated heterocycles. The molecular weight excluding hydrogens is 194 g/mol. The lowest BCUT2D eigenvalue weighted by Crippen LogP contribution is -2.54. The van der Waals surface area contributed by atoms with Crippen LogP contribution in [-0.2, 0) is 0 Å². The van der Waals surface area contributed by atoms with Crippen molar-refractivity contribution in [3.05, 3.63) is 0 Å². The Kier molecular flexibility index (Phi) is 4.52. The molecule has 1 rings (SSSR count). The van der Waals surface area contributed by atoms with Crippen LogP contribution in [0.25, 0.3) is 0 Å². The third-order valence-electron chi connectivity index (χ3n) is 3.67. The lowest BCUT2D eigenvalue weighted by Gasteiger charge is -2.44. The van der Waals surface area contributed by atoms with Gasteiger partial charge in [0.15, 0.2) is 0 Å². The minimum atomic E-state index is -0.552. The SMILES string of the molecule is CC1CCC(C)(N(O)C(CO)CO)CC1. The molecule has 0 spiro atoms. The summed E-state index contributed by atoms with van der Waals surface area (Å²) < 4.78 is 0. The number of hydroxylamine groups is 2. The van der Waals surface area contributed by atoms with E-state index in [1.807, 2.05) is 6.92 Å². The van der Waals surface area contributed by atoms with Crippen molar-refractivity contribution in [2.45, 2.75) is 51.1 Å². The van der Waals surface area contributed by atoms with Gasteiger partial charge in [-0.05, 0) is 38.5 Å². The summed E-state index contributed by atoms with van der Waals surface area (Å²) in [6, 6.07) is -0.552. The van der Waals surface area contributed by atoms with E-state index in [0.717, 1.165) is 25.7 Å². The van der Waals surface area contributed by atoms with Crippen LogP contribution in [0.2, 0.25) is 0 Å². The van der Waals surface area contributed by atoms with Crippen LogP contribution >= 0.6 is 0 Å². The Balaban J connectivity index is 2.60. The standard InChI is InChI=1S/C11H23NO3/c1-9-3-5-11(2,6-4-9)12(15)10(7-13)8-14/h9-10,13-15H,3-8H2,1-2H3. The first kappa shape index (κ1) is 12.9. The van der Waals surface area contributed by atoms with Crippen LogP contribution in [-0.4, -0.2) is 45.3 Å². The predicted molar refractivity (Wildman–Crippen MR) is 57.6 cm³/mol. The van der Waals surface area contributed by atoms with Crippen LogP contribution in [0.15, 0.2) is 0 Å². The third-order valence-corrected chi connectivity index (χ3v) is 3.67. The molecular formula is C11H23NO3. The van der Waals surface area contributed by atoms with Gasteiger partial charge in [-0.25, -0.2) is 0 Å². The van der Waals surface area contributed by atoms with Crippen molar-refractivity contribution in [1.82, 2.24) is 5.06 Å². The molecule has 3 N–H and O–H groups in total. The van der Waals surface area contributed by atoms with Gasteiger partial charge >= 0.3 is 0 Å². The lowest BCUT2D eigenvalue weighted by atomic mass is 9.77. The highest BCUT2D eigenvalue weighted by atomic mass is 16.5. The molecule has 90 valence electrons. The lowest BCUT2D eigenvalue weighted by molar-refractivity contribution is -0.222. The smallest absolute Gasteiger partial charge is 0.0817 e. The number of aliphatic hydroxyl groups is 2. The van der Waals surface area contributed by atoms with Gasteiger partial charge in [-0.1, -0.05) is 6.92 Å². The second kappa shape index (κ2) is 5.25. The van der Waals surface area contributed by atoms with Gasteiger partial charge in [0.1, 0.15) is 0 Å². The van der Waals surface area contributed by atoms with E-state index in [2.05, 4.69) is 6.92 Å². The van der Waals surface area contributed by atoms with E-state index in [0.29, 0.717) is 5.92 Å². The highest BCUT2D eigenvalue weighted by Gasteiger charge is 2.38. The van der Waals surface area contributed by atoms with Crippen molar-refractivity contribution in [3.63, 3.8) is 0 Å². The molecule has 0 aromatic carbocycles. The Hall–Kier alpha value is -0.160. The highest BCUT2D eigenvalue weighted by molar-refractivity contribution is 4.89. The molecule has 0 unspecified atom stereocenters. The van der Waals surface area contributed by atoms with Crippen molar-refractivity contribution in [3.8, 4) is 0 Å². The van der Waals surface area contributed by atoms with Gasteiger partial charge in [-0.3, -0.25) is 0 Å². The van der Waals surface area contributed by atoms with Crippen molar-refractivity contribution in [2.24, 2.45) is 5.92 Å². The van der Waals surface area contributed by atoms with E-state index in [9.17, 15) is 5.21 Å². The van der Waals surface area contributed by atoms with E-state index in [1.54, 1.807) is 0 Å². The van der Waals surface area contributed by atoms with Crippen LogP contribution in [0.3, 0.4) is 0 Å². The zero-order valence-corrected chi connectivity index (χ0v) is 9.69. The van der Waals surface area contributed by atoms with E-state index in [-0.39, 0.29) is 18.8 Å². The van der Waals surface area contributed by atoms with Gasteiger partial charge in [-0.2, -0.15) is 5.06 Å². The Labute approximate surface area is 91.5 Å². The minimum absolute atomic E-state index is 0.210. The maximum Gasteiger partial charge on any atom is 0.0817 e. The van der Waals surface area contributed by atoms with Crippen molar-refractivity contribution in [1.29, 1.82) is 0 Å². The Morgan fingerprint density at radius 1 is 1.27 bits per heavy atom. The molecule has 0 radical (unpaired) electrons. The van der Waals surface area contributed by atoms with E-state index >= 15 is 0 Å². The largest absolute Gasteiger partial charge is 0.395 e. The molecule has 1 aliphatic carbocycles. The third kappa shape index (κ3) is 2.91. The Morgan fingerprint density at radius 3 is 2.13 bits per heavy atom. The normalized spacial score (nSPS) is 32.6. The first-order chi connectivity index (χ1) is 7.03. The summed E-state index contributed by atoms with van der Waals surface area (Å²) in [7, 11) is 0. The Morgan fingerprint density at radius 2 is 1.73 bits per heavy atom. The first-order valence-corrected chi connectivity index (χ1v) is 5.73. The molecule has 0 bridgehead atoms.